The second-order valence-electron chi connectivity index (χ2n) is 5.34. The van der Waals surface area contributed by atoms with E-state index in [1.807, 2.05) is 0 Å². The molecule has 0 aliphatic carbocycles. The van der Waals surface area contributed by atoms with E-state index >= 15 is 0 Å². The van der Waals surface area contributed by atoms with Crippen molar-refractivity contribution in [1.82, 2.24) is 10.6 Å². The highest BCUT2D eigenvalue weighted by Crippen LogP contribution is 2.24. The van der Waals surface area contributed by atoms with Crippen LogP contribution in [-0.4, -0.2) is 12.6 Å². The van der Waals surface area contributed by atoms with Crippen molar-refractivity contribution in [1.29, 1.82) is 0 Å². The highest BCUT2D eigenvalue weighted by Gasteiger charge is 2.27. The van der Waals surface area contributed by atoms with Crippen LogP contribution in [0.5, 0.6) is 0 Å². The predicted octanol–water partition coefficient (Wildman–Crippen LogP) is 3.03. The van der Waals surface area contributed by atoms with Gasteiger partial charge in [0.25, 0.3) is 0 Å². The second kappa shape index (κ2) is 6.25. The van der Waals surface area contributed by atoms with Crippen LogP contribution in [0.25, 0.3) is 0 Å². The fourth-order valence-corrected chi connectivity index (χ4v) is 2.87. The summed E-state index contributed by atoms with van der Waals surface area (Å²) in [7, 11) is 0. The average molecular weight is 270 g/mol. The monoisotopic (exact) mass is 270 g/mol. The van der Waals surface area contributed by atoms with Crippen molar-refractivity contribution in [3.05, 3.63) is 59.5 Å². The third kappa shape index (κ3) is 2.94. The SMILES string of the molecule is CCc1ccc(CNC2CCNC2c2ccccc2)o1. The van der Waals surface area contributed by atoms with Gasteiger partial charge in [-0.2, -0.15) is 0 Å². The first-order valence-corrected chi connectivity index (χ1v) is 7.46. The van der Waals surface area contributed by atoms with Crippen molar-refractivity contribution >= 4 is 0 Å². The van der Waals surface area contributed by atoms with E-state index in [4.69, 9.17) is 4.42 Å². The van der Waals surface area contributed by atoms with Crippen LogP contribution in [0, 0.1) is 0 Å². The maximum atomic E-state index is 5.75. The van der Waals surface area contributed by atoms with Gasteiger partial charge in [0.15, 0.2) is 0 Å². The van der Waals surface area contributed by atoms with Crippen LogP contribution in [0.4, 0.5) is 0 Å². The van der Waals surface area contributed by atoms with Crippen LogP contribution < -0.4 is 10.6 Å². The Balaban J connectivity index is 1.61. The molecule has 3 nitrogen and oxygen atoms in total. The van der Waals surface area contributed by atoms with Gasteiger partial charge in [0.1, 0.15) is 11.5 Å². The summed E-state index contributed by atoms with van der Waals surface area (Å²) in [4.78, 5) is 0. The molecule has 1 aliphatic heterocycles. The number of nitrogens with one attached hydrogen (secondary N) is 2. The molecule has 106 valence electrons. The van der Waals surface area contributed by atoms with Crippen LogP contribution in [0.2, 0.25) is 0 Å². The van der Waals surface area contributed by atoms with Crippen LogP contribution >= 0.6 is 0 Å². The van der Waals surface area contributed by atoms with Crippen LogP contribution in [-0.2, 0) is 13.0 Å². The number of hydrogen-bond donors (Lipinski definition) is 2. The fourth-order valence-electron chi connectivity index (χ4n) is 2.87. The highest BCUT2D eigenvalue weighted by atomic mass is 16.3. The van der Waals surface area contributed by atoms with Gasteiger partial charge in [-0.3, -0.25) is 0 Å². The van der Waals surface area contributed by atoms with Crippen molar-refractivity contribution < 1.29 is 4.42 Å². The molecule has 0 amide bonds. The van der Waals surface area contributed by atoms with Gasteiger partial charge in [-0.05, 0) is 30.7 Å². The van der Waals surface area contributed by atoms with E-state index in [1.165, 1.54) is 5.56 Å². The van der Waals surface area contributed by atoms with E-state index in [1.54, 1.807) is 0 Å². The summed E-state index contributed by atoms with van der Waals surface area (Å²) >= 11 is 0. The molecule has 2 aromatic rings. The Morgan fingerprint density at radius 1 is 1.15 bits per heavy atom. The molecule has 2 heterocycles. The third-order valence-corrected chi connectivity index (χ3v) is 3.98. The first-order chi connectivity index (χ1) is 9.86. The second-order valence-corrected chi connectivity index (χ2v) is 5.34. The zero-order valence-electron chi connectivity index (χ0n) is 11.9. The Hall–Kier alpha value is -1.58. The first-order valence-electron chi connectivity index (χ1n) is 7.46. The predicted molar refractivity (Wildman–Crippen MR) is 80.5 cm³/mol. The van der Waals surface area contributed by atoms with Crippen LogP contribution in [0.15, 0.2) is 46.9 Å². The summed E-state index contributed by atoms with van der Waals surface area (Å²) in [5.41, 5.74) is 1.36. The smallest absolute Gasteiger partial charge is 0.117 e. The zero-order valence-corrected chi connectivity index (χ0v) is 11.9. The lowest BCUT2D eigenvalue weighted by molar-refractivity contribution is 0.406. The molecule has 1 fully saturated rings. The molecule has 0 radical (unpaired) electrons. The molecule has 1 aromatic carbocycles. The van der Waals surface area contributed by atoms with Gasteiger partial charge in [0, 0.05) is 18.5 Å². The van der Waals surface area contributed by atoms with Gasteiger partial charge in [0.2, 0.25) is 0 Å². The molecule has 3 rings (SSSR count). The molecule has 2 N–H and O–H groups in total. The minimum atomic E-state index is 0.400. The summed E-state index contributed by atoms with van der Waals surface area (Å²) in [5, 5.41) is 7.21. The van der Waals surface area contributed by atoms with Gasteiger partial charge in [-0.1, -0.05) is 37.3 Å². The molecular weight excluding hydrogens is 248 g/mol. The van der Waals surface area contributed by atoms with Gasteiger partial charge in [0.05, 0.1) is 6.54 Å². The lowest BCUT2D eigenvalue weighted by atomic mass is 10.0. The number of aryl methyl sites for hydroxylation is 1. The standard InChI is InChI=1S/C17H22N2O/c1-2-14-8-9-15(20-14)12-19-16-10-11-18-17(16)13-6-4-3-5-7-13/h3-9,16-19H,2,10-12H2,1H3. The Labute approximate surface area is 120 Å². The number of rotatable bonds is 5. The minimum Gasteiger partial charge on any atom is -0.465 e. The van der Waals surface area contributed by atoms with Crippen LogP contribution in [0.3, 0.4) is 0 Å². The summed E-state index contributed by atoms with van der Waals surface area (Å²) in [5.74, 6) is 2.09. The van der Waals surface area contributed by atoms with E-state index in [-0.39, 0.29) is 0 Å². The van der Waals surface area contributed by atoms with E-state index in [9.17, 15) is 0 Å². The Morgan fingerprint density at radius 3 is 2.70 bits per heavy atom. The van der Waals surface area contributed by atoms with Crippen molar-refractivity contribution in [2.24, 2.45) is 0 Å². The molecule has 1 aromatic heterocycles. The summed E-state index contributed by atoms with van der Waals surface area (Å²) in [6, 6.07) is 15.7. The topological polar surface area (TPSA) is 37.2 Å². The van der Waals surface area contributed by atoms with Crippen LogP contribution in [0.1, 0.15) is 36.5 Å². The van der Waals surface area contributed by atoms with Crippen molar-refractivity contribution in [3.63, 3.8) is 0 Å². The Bertz CT molecular complexity index is 535. The van der Waals surface area contributed by atoms with Crippen molar-refractivity contribution in [2.45, 2.75) is 38.4 Å². The maximum Gasteiger partial charge on any atom is 0.117 e. The van der Waals surface area contributed by atoms with E-state index < -0.39 is 0 Å². The number of furan rings is 1. The molecule has 0 bridgehead atoms. The Kier molecular flexibility index (Phi) is 4.19. The first kappa shape index (κ1) is 13.4. The van der Waals surface area contributed by atoms with E-state index in [2.05, 4.69) is 60.0 Å². The lowest BCUT2D eigenvalue weighted by Gasteiger charge is -2.20. The summed E-state index contributed by atoms with van der Waals surface area (Å²) in [6.07, 6.45) is 2.11. The fraction of sp³-hybridized carbons (Fsp3) is 0.412. The van der Waals surface area contributed by atoms with Gasteiger partial charge in [-0.25, -0.2) is 0 Å². The van der Waals surface area contributed by atoms with Crippen molar-refractivity contribution in [3.8, 4) is 0 Å². The normalized spacial score (nSPS) is 22.2. The van der Waals surface area contributed by atoms with Gasteiger partial charge >= 0.3 is 0 Å². The lowest BCUT2D eigenvalue weighted by Crippen LogP contribution is -2.33. The molecule has 20 heavy (non-hydrogen) atoms. The van der Waals surface area contributed by atoms with E-state index in [0.29, 0.717) is 12.1 Å². The molecule has 2 atom stereocenters. The number of benzene rings is 1. The number of hydrogen-bond acceptors (Lipinski definition) is 3. The summed E-state index contributed by atoms with van der Waals surface area (Å²) in [6.45, 7) is 3.98. The average Bonchev–Trinajstić information content (AvgIpc) is 3.15. The minimum absolute atomic E-state index is 0.400. The molecule has 1 aliphatic rings. The van der Waals surface area contributed by atoms with E-state index in [0.717, 1.165) is 37.5 Å². The van der Waals surface area contributed by atoms with Gasteiger partial charge < -0.3 is 15.1 Å². The molecule has 3 heteroatoms. The molecule has 0 saturated carbocycles. The zero-order chi connectivity index (χ0) is 13.8. The summed E-state index contributed by atoms with van der Waals surface area (Å²) < 4.78 is 5.75. The Morgan fingerprint density at radius 2 is 1.95 bits per heavy atom. The molecular formula is C17H22N2O. The quantitative estimate of drug-likeness (QED) is 0.877. The van der Waals surface area contributed by atoms with Crippen molar-refractivity contribution in [2.75, 3.05) is 6.54 Å². The largest absolute Gasteiger partial charge is 0.465 e. The molecule has 1 saturated heterocycles. The van der Waals surface area contributed by atoms with Gasteiger partial charge in [-0.15, -0.1) is 0 Å². The maximum absolute atomic E-state index is 5.75. The third-order valence-electron chi connectivity index (χ3n) is 3.98. The molecule has 0 spiro atoms. The highest BCUT2D eigenvalue weighted by molar-refractivity contribution is 5.22. The molecule has 2 unspecified atom stereocenters.